The van der Waals surface area contributed by atoms with Gasteiger partial charge in [-0.05, 0) is 59.3 Å². The molecule has 8 aromatic rings. The minimum absolute atomic E-state index is 0.558. The normalized spacial score (nSPS) is 10.8. The van der Waals surface area contributed by atoms with Gasteiger partial charge in [-0.3, -0.25) is 0 Å². The van der Waals surface area contributed by atoms with Gasteiger partial charge in [-0.1, -0.05) is 119 Å². The summed E-state index contributed by atoms with van der Waals surface area (Å²) in [7, 11) is 0. The number of halogens is 3. The number of hydrogen-bond donors (Lipinski definition) is 2. The van der Waals surface area contributed by atoms with E-state index in [0.29, 0.717) is 4.47 Å². The van der Waals surface area contributed by atoms with Crippen molar-refractivity contribution in [1.82, 2.24) is 9.97 Å². The predicted octanol–water partition coefficient (Wildman–Crippen LogP) is 11.9. The molecule has 0 unspecified atom stereocenters. The number of anilines is 3. The van der Waals surface area contributed by atoms with Gasteiger partial charge in [-0.25, -0.2) is 9.97 Å². The lowest BCUT2D eigenvalue weighted by molar-refractivity contribution is 1.45. The highest BCUT2D eigenvalue weighted by molar-refractivity contribution is 7.22. The van der Waals surface area contributed by atoms with E-state index in [1.54, 1.807) is 17.4 Å². The smallest absolute Gasteiger partial charge is 0.188 e. The monoisotopic (exact) mass is 656 g/mol. The molecule has 212 valence electrons. The predicted molar refractivity (Wildman–Crippen MR) is 190 cm³/mol. The third-order valence-electron chi connectivity index (χ3n) is 6.53. The van der Waals surface area contributed by atoms with Crippen LogP contribution in [0.3, 0.4) is 0 Å². The topological polar surface area (TPSA) is 63.8 Å². The van der Waals surface area contributed by atoms with E-state index in [-0.39, 0.29) is 0 Å². The van der Waals surface area contributed by atoms with Crippen LogP contribution in [-0.4, -0.2) is 9.97 Å². The highest BCUT2D eigenvalue weighted by Crippen LogP contribution is 2.33. The van der Waals surface area contributed by atoms with Gasteiger partial charge in [0.25, 0.3) is 0 Å². The van der Waals surface area contributed by atoms with Gasteiger partial charge >= 0.3 is 0 Å². The average molecular weight is 658 g/mol. The molecule has 0 fully saturated rings. The molecule has 0 atom stereocenters. The van der Waals surface area contributed by atoms with Gasteiger partial charge in [0.2, 0.25) is 0 Å². The van der Waals surface area contributed by atoms with Crippen LogP contribution >= 0.6 is 57.5 Å². The number of nitrogens with zero attached hydrogens (tertiary/aromatic N) is 2. The van der Waals surface area contributed by atoms with Gasteiger partial charge in [-0.15, -0.1) is 11.3 Å². The van der Waals surface area contributed by atoms with E-state index in [2.05, 4.69) is 57.7 Å². The third kappa shape index (κ3) is 7.02. The molecular formula is C34H23Cl3N4S2. The third-order valence-corrected chi connectivity index (χ3v) is 9.06. The largest absolute Gasteiger partial charge is 0.398 e. The first-order chi connectivity index (χ1) is 20.9. The van der Waals surface area contributed by atoms with Crippen molar-refractivity contribution in [3.05, 3.63) is 136 Å². The van der Waals surface area contributed by atoms with E-state index < -0.39 is 0 Å². The zero-order valence-electron chi connectivity index (χ0n) is 22.5. The quantitative estimate of drug-likeness (QED) is 0.182. The van der Waals surface area contributed by atoms with Crippen molar-refractivity contribution in [3.8, 4) is 0 Å². The van der Waals surface area contributed by atoms with E-state index in [9.17, 15) is 0 Å². The maximum atomic E-state index is 6.02. The van der Waals surface area contributed by atoms with Crippen molar-refractivity contribution < 1.29 is 0 Å². The number of hydrogen-bond acceptors (Lipinski definition) is 6. The Balaban J connectivity index is 0.000000126. The average Bonchev–Trinajstić information content (AvgIpc) is 3.59. The molecule has 0 saturated carbocycles. The number of aromatic nitrogens is 2. The molecule has 43 heavy (non-hydrogen) atoms. The SMILES string of the molecule is Clc1ccc2nc(Cl)sc2c1.Clc1ccc2nc(Nc3cccc4ccccc34)sc2c1.Nc1cccc2ccccc12. The number of thiazole rings is 2. The molecular weight excluding hydrogens is 635 g/mol. The molecule has 9 heteroatoms. The van der Waals surface area contributed by atoms with E-state index in [0.717, 1.165) is 52.4 Å². The summed E-state index contributed by atoms with van der Waals surface area (Å²) in [6, 6.07) is 39.9. The minimum Gasteiger partial charge on any atom is -0.398 e. The van der Waals surface area contributed by atoms with Crippen molar-refractivity contribution in [1.29, 1.82) is 0 Å². The first kappa shape index (κ1) is 29.2. The Morgan fingerprint density at radius 3 is 1.81 bits per heavy atom. The molecule has 0 bridgehead atoms. The summed E-state index contributed by atoms with van der Waals surface area (Å²) >= 11 is 20.5. The molecule has 2 heterocycles. The Morgan fingerprint density at radius 2 is 1.12 bits per heavy atom. The summed E-state index contributed by atoms with van der Waals surface area (Å²) in [6.07, 6.45) is 0. The molecule has 4 nitrogen and oxygen atoms in total. The Morgan fingerprint density at radius 1 is 0.558 bits per heavy atom. The number of nitrogen functional groups attached to an aromatic ring is 1. The number of nitrogens with one attached hydrogen (secondary N) is 1. The zero-order chi connectivity index (χ0) is 29.8. The molecule has 0 aliphatic rings. The lowest BCUT2D eigenvalue weighted by Crippen LogP contribution is -1.90. The zero-order valence-corrected chi connectivity index (χ0v) is 26.4. The van der Waals surface area contributed by atoms with Crippen molar-refractivity contribution in [2.45, 2.75) is 0 Å². The summed E-state index contributed by atoms with van der Waals surface area (Å²) in [4.78, 5) is 8.68. The van der Waals surface area contributed by atoms with Crippen molar-refractivity contribution in [3.63, 3.8) is 0 Å². The van der Waals surface area contributed by atoms with Crippen molar-refractivity contribution in [2.24, 2.45) is 0 Å². The molecule has 0 aliphatic heterocycles. The number of benzene rings is 6. The molecule has 6 aromatic carbocycles. The van der Waals surface area contributed by atoms with Crippen LogP contribution in [0, 0.1) is 0 Å². The molecule has 0 radical (unpaired) electrons. The van der Waals surface area contributed by atoms with E-state index >= 15 is 0 Å². The molecule has 0 amide bonds. The molecule has 0 saturated heterocycles. The minimum atomic E-state index is 0.558. The highest BCUT2D eigenvalue weighted by Gasteiger charge is 2.07. The van der Waals surface area contributed by atoms with E-state index in [1.807, 2.05) is 72.8 Å². The van der Waals surface area contributed by atoms with Gasteiger partial charge in [0.05, 0.1) is 20.4 Å². The first-order valence-electron chi connectivity index (χ1n) is 13.2. The lowest BCUT2D eigenvalue weighted by Gasteiger charge is -2.06. The number of fused-ring (bicyclic) bond motifs is 4. The van der Waals surface area contributed by atoms with Gasteiger partial charge in [0.1, 0.15) is 0 Å². The maximum absolute atomic E-state index is 6.02. The van der Waals surface area contributed by atoms with Gasteiger partial charge in [0.15, 0.2) is 9.60 Å². The number of rotatable bonds is 2. The second kappa shape index (κ2) is 13.2. The van der Waals surface area contributed by atoms with Crippen LogP contribution in [0.1, 0.15) is 0 Å². The Hall–Kier alpha value is -3.91. The molecule has 0 spiro atoms. The van der Waals surface area contributed by atoms with Crippen molar-refractivity contribution in [2.75, 3.05) is 11.1 Å². The Labute approximate surface area is 271 Å². The maximum Gasteiger partial charge on any atom is 0.188 e. The second-order valence-corrected chi connectivity index (χ2v) is 12.9. The summed E-state index contributed by atoms with van der Waals surface area (Å²) in [5.74, 6) is 0. The van der Waals surface area contributed by atoms with Crippen molar-refractivity contribution >= 4 is 116 Å². The summed E-state index contributed by atoms with van der Waals surface area (Å²) < 4.78 is 2.68. The van der Waals surface area contributed by atoms with E-state index in [1.165, 1.54) is 27.5 Å². The Bertz CT molecular complexity index is 2180. The molecule has 3 N–H and O–H groups in total. The standard InChI is InChI=1S/C17H11ClN2S.C10H9N.C7H3Cl2NS/c18-12-8-9-15-16(10-12)21-17(20-15)19-14-7-3-5-11-4-1-2-6-13(11)14;11-10-7-3-5-8-4-1-2-6-9(8)10;8-4-1-2-5-6(3-4)11-7(9)10-5/h1-10H,(H,19,20);1-7H,11H2;1-3H. The molecule has 2 aromatic heterocycles. The molecule has 0 aliphatic carbocycles. The van der Waals surface area contributed by atoms with Crippen LogP contribution in [0.5, 0.6) is 0 Å². The van der Waals surface area contributed by atoms with Gasteiger partial charge in [0, 0.05) is 32.2 Å². The van der Waals surface area contributed by atoms with Gasteiger partial charge < -0.3 is 11.1 Å². The summed E-state index contributed by atoms with van der Waals surface area (Å²) in [5, 5.41) is 10.5. The fraction of sp³-hybridized carbons (Fsp3) is 0. The first-order valence-corrected chi connectivity index (χ1v) is 16.0. The van der Waals surface area contributed by atoms with Crippen LogP contribution in [-0.2, 0) is 0 Å². The van der Waals surface area contributed by atoms with Crippen LogP contribution in [0.25, 0.3) is 42.0 Å². The van der Waals surface area contributed by atoms with Crippen LogP contribution in [0.15, 0.2) is 121 Å². The second-order valence-electron chi connectivity index (χ2n) is 9.43. The number of nitrogens with two attached hydrogens (primary N) is 1. The fourth-order valence-corrected chi connectivity index (χ4v) is 6.98. The molecule has 8 rings (SSSR count). The van der Waals surface area contributed by atoms with Crippen LogP contribution in [0.4, 0.5) is 16.5 Å². The fourth-order valence-electron chi connectivity index (χ4n) is 4.52. The lowest BCUT2D eigenvalue weighted by atomic mass is 10.1. The summed E-state index contributed by atoms with van der Waals surface area (Å²) in [6.45, 7) is 0. The van der Waals surface area contributed by atoms with Crippen LogP contribution < -0.4 is 11.1 Å². The highest BCUT2D eigenvalue weighted by atomic mass is 35.5. The van der Waals surface area contributed by atoms with Gasteiger partial charge in [-0.2, -0.15) is 0 Å². The summed E-state index contributed by atoms with van der Waals surface area (Å²) in [5.41, 5.74) is 9.55. The Kier molecular flexibility index (Phi) is 8.93. The van der Waals surface area contributed by atoms with E-state index in [4.69, 9.17) is 40.5 Å². The van der Waals surface area contributed by atoms with Crippen LogP contribution in [0.2, 0.25) is 14.5 Å².